The fraction of sp³-hybridized carbons (Fsp3) is 0.409. The summed E-state index contributed by atoms with van der Waals surface area (Å²) in [6.07, 6.45) is 8.63. The van der Waals surface area contributed by atoms with Crippen molar-refractivity contribution >= 4 is 27.8 Å². The van der Waals surface area contributed by atoms with E-state index in [2.05, 4.69) is 35.6 Å². The van der Waals surface area contributed by atoms with E-state index in [4.69, 9.17) is 9.41 Å². The molecule has 0 fully saturated rings. The first-order chi connectivity index (χ1) is 12.4. The van der Waals surface area contributed by atoms with Crippen LogP contribution in [0.1, 0.15) is 44.1 Å². The van der Waals surface area contributed by atoms with Crippen LogP contribution in [0.3, 0.4) is 0 Å². The highest BCUT2D eigenvalue weighted by atomic mass is 16.3. The molecule has 0 unspecified atom stereocenters. The van der Waals surface area contributed by atoms with Gasteiger partial charge in [0.2, 0.25) is 0 Å². The third-order valence-electron chi connectivity index (χ3n) is 5.06. The van der Waals surface area contributed by atoms with Crippen molar-refractivity contribution in [2.45, 2.75) is 44.9 Å². The molecule has 2 heterocycles. The van der Waals surface area contributed by atoms with Gasteiger partial charge < -0.3 is 9.73 Å². The molecular weight excluding hydrogens is 308 g/mol. The zero-order valence-electron chi connectivity index (χ0n) is 14.8. The molecule has 1 aliphatic heterocycles. The highest BCUT2D eigenvalue weighted by Gasteiger charge is 2.07. The molecule has 0 radical (unpaired) electrons. The summed E-state index contributed by atoms with van der Waals surface area (Å²) < 4.78 is 5.91. The zero-order valence-corrected chi connectivity index (χ0v) is 14.8. The van der Waals surface area contributed by atoms with Crippen molar-refractivity contribution in [3.8, 4) is 0 Å². The molecule has 1 aliphatic rings. The molecule has 0 amide bonds. The average Bonchev–Trinajstić information content (AvgIpc) is 3.06. The fourth-order valence-corrected chi connectivity index (χ4v) is 3.65. The molecule has 0 atom stereocenters. The Hall–Kier alpha value is -2.29. The highest BCUT2D eigenvalue weighted by Crippen LogP contribution is 2.29. The van der Waals surface area contributed by atoms with Gasteiger partial charge in [-0.25, -0.2) is 0 Å². The zero-order chi connectivity index (χ0) is 16.9. The Morgan fingerprint density at radius 1 is 0.880 bits per heavy atom. The summed E-state index contributed by atoms with van der Waals surface area (Å²) in [7, 11) is 0. The maximum atomic E-state index is 5.91. The third-order valence-corrected chi connectivity index (χ3v) is 5.06. The molecule has 3 aromatic rings. The van der Waals surface area contributed by atoms with Gasteiger partial charge in [-0.1, -0.05) is 43.5 Å². The molecule has 0 saturated heterocycles. The molecular formula is C22H26N2O. The van der Waals surface area contributed by atoms with Gasteiger partial charge in [-0.15, -0.1) is 0 Å². The normalized spacial score (nSPS) is 16.2. The van der Waals surface area contributed by atoms with Gasteiger partial charge in [0.25, 0.3) is 0 Å². The van der Waals surface area contributed by atoms with E-state index in [-0.39, 0.29) is 0 Å². The number of hydrogen-bond donors (Lipinski definition) is 1. The van der Waals surface area contributed by atoms with Gasteiger partial charge in [-0.2, -0.15) is 0 Å². The van der Waals surface area contributed by atoms with Crippen LogP contribution in [0.2, 0.25) is 0 Å². The van der Waals surface area contributed by atoms with Crippen molar-refractivity contribution in [2.75, 3.05) is 13.1 Å². The minimum Gasteiger partial charge on any atom is -0.456 e. The highest BCUT2D eigenvalue weighted by molar-refractivity contribution is 6.04. The van der Waals surface area contributed by atoms with Gasteiger partial charge in [-0.3, -0.25) is 4.99 Å². The number of nitrogens with zero attached hydrogens (tertiary/aromatic N) is 1. The van der Waals surface area contributed by atoms with Crippen LogP contribution in [-0.4, -0.2) is 18.9 Å². The Balaban J connectivity index is 1.43. The molecule has 25 heavy (non-hydrogen) atoms. The van der Waals surface area contributed by atoms with Crippen LogP contribution in [-0.2, 0) is 6.42 Å². The lowest BCUT2D eigenvalue weighted by molar-refractivity contribution is 0.638. The Labute approximate surface area is 149 Å². The second kappa shape index (κ2) is 7.73. The van der Waals surface area contributed by atoms with Crippen LogP contribution in [0.25, 0.3) is 21.9 Å². The molecule has 4 rings (SSSR count). The monoisotopic (exact) mass is 334 g/mol. The summed E-state index contributed by atoms with van der Waals surface area (Å²) in [6, 6.07) is 14.8. The van der Waals surface area contributed by atoms with Crippen molar-refractivity contribution in [1.82, 2.24) is 5.32 Å². The van der Waals surface area contributed by atoms with Crippen molar-refractivity contribution in [3.05, 3.63) is 48.0 Å². The summed E-state index contributed by atoms with van der Waals surface area (Å²) >= 11 is 0. The van der Waals surface area contributed by atoms with Gasteiger partial charge >= 0.3 is 0 Å². The number of furan rings is 1. The molecule has 3 nitrogen and oxygen atoms in total. The molecule has 3 heteroatoms. The third kappa shape index (κ3) is 3.87. The smallest absolute Gasteiger partial charge is 0.135 e. The molecule has 1 N–H and O–H groups in total. The minimum absolute atomic E-state index is 0.945. The van der Waals surface area contributed by atoms with E-state index in [1.165, 1.54) is 54.3 Å². The lowest BCUT2D eigenvalue weighted by atomic mass is 10.1. The molecule has 0 saturated carbocycles. The average molecular weight is 334 g/mol. The van der Waals surface area contributed by atoms with E-state index in [1.54, 1.807) is 0 Å². The topological polar surface area (TPSA) is 37.5 Å². The lowest BCUT2D eigenvalue weighted by Gasteiger charge is -2.09. The van der Waals surface area contributed by atoms with Crippen LogP contribution in [0.4, 0.5) is 0 Å². The van der Waals surface area contributed by atoms with Gasteiger partial charge in [0.15, 0.2) is 0 Å². The van der Waals surface area contributed by atoms with Crippen LogP contribution in [0.15, 0.2) is 51.9 Å². The van der Waals surface area contributed by atoms with Crippen molar-refractivity contribution in [2.24, 2.45) is 4.99 Å². The number of benzene rings is 2. The predicted octanol–water partition coefficient (Wildman–Crippen LogP) is 5.47. The maximum Gasteiger partial charge on any atom is 0.135 e. The van der Waals surface area contributed by atoms with E-state index in [0.29, 0.717) is 0 Å². The van der Waals surface area contributed by atoms with Crippen LogP contribution in [0.5, 0.6) is 0 Å². The van der Waals surface area contributed by atoms with Crippen molar-refractivity contribution < 1.29 is 4.42 Å². The summed E-state index contributed by atoms with van der Waals surface area (Å²) in [5, 5.41) is 5.99. The first-order valence-corrected chi connectivity index (χ1v) is 9.57. The number of para-hydroxylation sites is 1. The summed E-state index contributed by atoms with van der Waals surface area (Å²) in [5.74, 6) is 1.21. The largest absolute Gasteiger partial charge is 0.456 e. The molecule has 0 spiro atoms. The number of nitrogens with one attached hydrogen (secondary N) is 1. The van der Waals surface area contributed by atoms with Crippen LogP contribution < -0.4 is 5.32 Å². The predicted molar refractivity (Wildman–Crippen MR) is 105 cm³/mol. The summed E-state index contributed by atoms with van der Waals surface area (Å²) in [4.78, 5) is 4.75. The number of fused-ring (bicyclic) bond motifs is 3. The molecule has 0 aliphatic carbocycles. The van der Waals surface area contributed by atoms with Gasteiger partial charge in [0, 0.05) is 30.3 Å². The van der Waals surface area contributed by atoms with Crippen molar-refractivity contribution in [1.29, 1.82) is 0 Å². The summed E-state index contributed by atoms with van der Waals surface area (Å²) in [6.45, 7) is 1.93. The molecule has 130 valence electrons. The molecule has 0 bridgehead atoms. The second-order valence-corrected chi connectivity index (χ2v) is 6.95. The first-order valence-electron chi connectivity index (χ1n) is 9.57. The first kappa shape index (κ1) is 16.2. The number of amidine groups is 1. The SMILES string of the molecule is c1ccc2c(c1)oc1ccc(CCNC3=NCCCCCCC3)cc12. The quantitative estimate of drug-likeness (QED) is 0.689. The molecule has 1 aromatic heterocycles. The second-order valence-electron chi connectivity index (χ2n) is 6.95. The van der Waals surface area contributed by atoms with Crippen LogP contribution >= 0.6 is 0 Å². The summed E-state index contributed by atoms with van der Waals surface area (Å²) in [5.41, 5.74) is 3.28. The van der Waals surface area contributed by atoms with Crippen molar-refractivity contribution in [3.63, 3.8) is 0 Å². The molecule has 2 aromatic carbocycles. The minimum atomic E-state index is 0.945. The van der Waals surface area contributed by atoms with E-state index >= 15 is 0 Å². The lowest BCUT2D eigenvalue weighted by Crippen LogP contribution is -2.26. The van der Waals surface area contributed by atoms with E-state index < -0.39 is 0 Å². The Bertz CT molecular complexity index is 878. The van der Waals surface area contributed by atoms with E-state index in [9.17, 15) is 0 Å². The van der Waals surface area contributed by atoms with E-state index in [1.807, 2.05) is 12.1 Å². The Kier molecular flexibility index (Phi) is 5.01. The Morgan fingerprint density at radius 2 is 1.72 bits per heavy atom. The van der Waals surface area contributed by atoms with Gasteiger partial charge in [-0.05, 0) is 43.0 Å². The Morgan fingerprint density at radius 3 is 2.72 bits per heavy atom. The fourth-order valence-electron chi connectivity index (χ4n) is 3.65. The maximum absolute atomic E-state index is 5.91. The number of aliphatic imine (C=N–C) groups is 1. The number of rotatable bonds is 3. The standard InChI is InChI=1S/C22H26N2O/c1-2-4-10-22(23-14-7-3-1)24-15-13-17-11-12-21-19(16-17)18-8-5-6-9-20(18)25-21/h5-6,8-9,11-12,16H,1-4,7,10,13-15H2,(H,23,24). The number of hydrogen-bond acceptors (Lipinski definition) is 3. The van der Waals surface area contributed by atoms with E-state index in [0.717, 1.165) is 37.1 Å². The van der Waals surface area contributed by atoms with Gasteiger partial charge in [0.1, 0.15) is 11.2 Å². The van der Waals surface area contributed by atoms with Gasteiger partial charge in [0.05, 0.1) is 5.84 Å². The van der Waals surface area contributed by atoms with Crippen LogP contribution in [0, 0.1) is 0 Å².